The van der Waals surface area contributed by atoms with Gasteiger partial charge >= 0.3 is 5.97 Å². The van der Waals surface area contributed by atoms with Crippen molar-refractivity contribution >= 4 is 5.97 Å². The molecule has 0 aromatic heterocycles. The van der Waals surface area contributed by atoms with Crippen molar-refractivity contribution in [2.45, 2.75) is 198 Å². The molecule has 55 heavy (non-hydrogen) atoms. The summed E-state index contributed by atoms with van der Waals surface area (Å²) in [4.78, 5) is 12.8. The van der Waals surface area contributed by atoms with Crippen LogP contribution in [0.3, 0.4) is 0 Å². The van der Waals surface area contributed by atoms with Gasteiger partial charge in [-0.3, -0.25) is 4.79 Å². The van der Waals surface area contributed by atoms with Crippen LogP contribution in [-0.4, -0.2) is 89.6 Å². The topological polar surface area (TPSA) is 135 Å². The molecule has 0 aromatic carbocycles. The summed E-state index contributed by atoms with van der Waals surface area (Å²) in [5.74, 6) is -0.336. The fourth-order valence-corrected chi connectivity index (χ4v) is 6.24. The number of carbonyl (C=O) groups excluding carboxylic acids is 1. The van der Waals surface area contributed by atoms with Gasteiger partial charge in [0.2, 0.25) is 0 Å². The van der Waals surface area contributed by atoms with Crippen molar-refractivity contribution < 1.29 is 44.2 Å². The Balaban J connectivity index is 2.32. The summed E-state index contributed by atoms with van der Waals surface area (Å²) in [6.45, 7) is 4.34. The number of esters is 1. The number of aliphatic hydroxyl groups is 4. The van der Waals surface area contributed by atoms with Crippen LogP contribution >= 0.6 is 0 Å². The average Bonchev–Trinajstić information content (AvgIpc) is 3.18. The maximum atomic E-state index is 12.8. The summed E-state index contributed by atoms with van der Waals surface area (Å²) < 4.78 is 22.7. The number of unbranched alkanes of at least 4 members (excludes halogenated alkanes) is 15. The predicted molar refractivity (Wildman–Crippen MR) is 224 cm³/mol. The Morgan fingerprint density at radius 3 is 1.69 bits per heavy atom. The molecule has 0 radical (unpaired) electrons. The maximum Gasteiger partial charge on any atom is 0.306 e. The predicted octanol–water partition coefficient (Wildman–Crippen LogP) is 9.52. The van der Waals surface area contributed by atoms with Gasteiger partial charge in [0.05, 0.1) is 19.8 Å². The van der Waals surface area contributed by atoms with E-state index < -0.39 is 43.4 Å². The van der Waals surface area contributed by atoms with Crippen molar-refractivity contribution in [2.24, 2.45) is 0 Å². The van der Waals surface area contributed by atoms with E-state index in [2.05, 4.69) is 74.6 Å². The largest absolute Gasteiger partial charge is 0.457 e. The zero-order valence-corrected chi connectivity index (χ0v) is 34.7. The van der Waals surface area contributed by atoms with Gasteiger partial charge in [-0.1, -0.05) is 139 Å². The number of ether oxygens (including phenoxy) is 4. The lowest BCUT2D eigenvalue weighted by atomic mass is 9.99. The van der Waals surface area contributed by atoms with Gasteiger partial charge in [0, 0.05) is 13.0 Å². The summed E-state index contributed by atoms with van der Waals surface area (Å²) in [6, 6.07) is 0. The molecule has 318 valence electrons. The second-order valence-corrected chi connectivity index (χ2v) is 14.8. The van der Waals surface area contributed by atoms with E-state index in [1.54, 1.807) is 0 Å². The average molecular weight is 777 g/mol. The molecule has 1 fully saturated rings. The third-order valence-corrected chi connectivity index (χ3v) is 9.67. The van der Waals surface area contributed by atoms with Crippen LogP contribution in [0.1, 0.15) is 162 Å². The van der Waals surface area contributed by atoms with Crippen LogP contribution < -0.4 is 0 Å². The first-order chi connectivity index (χ1) is 26.9. The van der Waals surface area contributed by atoms with Crippen molar-refractivity contribution in [1.82, 2.24) is 0 Å². The SMILES string of the molecule is CC/C=C\C/C=C\C/C=C\C/C=C\CCCCCOCC(COC1OC(CO)C(O)C(O)C1O)OC(=O)CCCCCCC/C=C\CCCCCCCCC. The van der Waals surface area contributed by atoms with E-state index >= 15 is 0 Å². The fraction of sp³-hybridized carbons (Fsp3) is 0.761. The molecule has 0 spiro atoms. The van der Waals surface area contributed by atoms with E-state index in [4.69, 9.17) is 18.9 Å². The maximum absolute atomic E-state index is 12.8. The lowest BCUT2D eigenvalue weighted by molar-refractivity contribution is -0.305. The highest BCUT2D eigenvalue weighted by Gasteiger charge is 2.44. The summed E-state index contributed by atoms with van der Waals surface area (Å²) in [5, 5.41) is 40.1. The van der Waals surface area contributed by atoms with Crippen LogP contribution in [0, 0.1) is 0 Å². The number of hydrogen-bond donors (Lipinski definition) is 4. The Bertz CT molecular complexity index is 1020. The molecule has 0 aliphatic carbocycles. The van der Waals surface area contributed by atoms with Gasteiger partial charge in [-0.25, -0.2) is 0 Å². The first kappa shape index (κ1) is 50.9. The molecule has 1 aliphatic heterocycles. The Morgan fingerprint density at radius 2 is 1.11 bits per heavy atom. The van der Waals surface area contributed by atoms with Crippen LogP contribution in [0.25, 0.3) is 0 Å². The van der Waals surface area contributed by atoms with Crippen molar-refractivity contribution in [3.05, 3.63) is 60.8 Å². The number of carbonyl (C=O) groups is 1. The van der Waals surface area contributed by atoms with E-state index in [1.165, 1.54) is 51.4 Å². The summed E-state index contributed by atoms with van der Waals surface area (Å²) >= 11 is 0. The molecule has 6 unspecified atom stereocenters. The normalized spacial score (nSPS) is 21.3. The van der Waals surface area contributed by atoms with Crippen LogP contribution in [-0.2, 0) is 23.7 Å². The number of hydrogen-bond acceptors (Lipinski definition) is 9. The molecule has 1 rings (SSSR count). The Labute approximate surface area is 335 Å². The van der Waals surface area contributed by atoms with Gasteiger partial charge in [0.1, 0.15) is 30.5 Å². The Hall–Kier alpha value is -2.11. The number of aliphatic hydroxyl groups excluding tert-OH is 4. The second-order valence-electron chi connectivity index (χ2n) is 14.8. The van der Waals surface area contributed by atoms with Crippen LogP contribution in [0.15, 0.2) is 60.8 Å². The standard InChI is InChI=1S/C46H80O9/c1-3-5-7-9-11-13-15-17-19-21-23-25-27-29-31-33-35-42(48)54-40(39-53-46-45(51)44(50)43(49)41(37-47)55-46)38-52-36-34-32-30-28-26-24-22-20-18-16-14-12-10-8-6-4-2/h6,8,12,14,18-21,24,26,40-41,43-47,49-51H,3-5,7,9-11,13,15-17,22-23,25,27-39H2,1-2H3/b8-6-,14-12-,20-18-,21-19-,26-24-. The Morgan fingerprint density at radius 1 is 0.600 bits per heavy atom. The molecule has 0 bridgehead atoms. The zero-order valence-electron chi connectivity index (χ0n) is 34.7. The van der Waals surface area contributed by atoms with Gasteiger partial charge in [-0.2, -0.15) is 0 Å². The Kier molecular flexibility index (Phi) is 34.7. The number of allylic oxidation sites excluding steroid dienone is 10. The molecule has 6 atom stereocenters. The summed E-state index contributed by atoms with van der Waals surface area (Å²) in [6.07, 6.45) is 39.6. The molecule has 0 saturated carbocycles. The third-order valence-electron chi connectivity index (χ3n) is 9.67. The van der Waals surface area contributed by atoms with Crippen molar-refractivity contribution in [3.8, 4) is 0 Å². The summed E-state index contributed by atoms with van der Waals surface area (Å²) in [7, 11) is 0. The fourth-order valence-electron chi connectivity index (χ4n) is 6.24. The highest BCUT2D eigenvalue weighted by molar-refractivity contribution is 5.69. The van der Waals surface area contributed by atoms with Crippen molar-refractivity contribution in [1.29, 1.82) is 0 Å². The molecule has 9 heteroatoms. The molecular weight excluding hydrogens is 696 g/mol. The number of rotatable bonds is 36. The van der Waals surface area contributed by atoms with Gasteiger partial charge in [0.25, 0.3) is 0 Å². The van der Waals surface area contributed by atoms with Gasteiger partial charge in [0.15, 0.2) is 6.29 Å². The smallest absolute Gasteiger partial charge is 0.306 e. The first-order valence-electron chi connectivity index (χ1n) is 21.9. The third kappa shape index (κ3) is 28.9. The van der Waals surface area contributed by atoms with E-state index in [0.717, 1.165) is 89.9 Å². The minimum atomic E-state index is -1.55. The molecule has 1 aliphatic rings. The quantitative estimate of drug-likeness (QED) is 0.0279. The van der Waals surface area contributed by atoms with Crippen LogP contribution in [0.4, 0.5) is 0 Å². The summed E-state index contributed by atoms with van der Waals surface area (Å²) in [5.41, 5.74) is 0. The second kappa shape index (κ2) is 37.5. The molecule has 1 saturated heterocycles. The molecule has 1 heterocycles. The molecular formula is C46H80O9. The van der Waals surface area contributed by atoms with E-state index in [9.17, 15) is 25.2 Å². The van der Waals surface area contributed by atoms with Crippen molar-refractivity contribution in [3.63, 3.8) is 0 Å². The minimum absolute atomic E-state index is 0.118. The van der Waals surface area contributed by atoms with Gasteiger partial charge < -0.3 is 39.4 Å². The lowest BCUT2D eigenvalue weighted by Crippen LogP contribution is -2.59. The minimum Gasteiger partial charge on any atom is -0.457 e. The molecule has 4 N–H and O–H groups in total. The van der Waals surface area contributed by atoms with Crippen LogP contribution in [0.2, 0.25) is 0 Å². The van der Waals surface area contributed by atoms with Gasteiger partial charge in [-0.15, -0.1) is 0 Å². The van der Waals surface area contributed by atoms with E-state index in [-0.39, 0.29) is 19.2 Å². The lowest BCUT2D eigenvalue weighted by Gasteiger charge is -2.39. The van der Waals surface area contributed by atoms with Crippen LogP contribution in [0.5, 0.6) is 0 Å². The first-order valence-corrected chi connectivity index (χ1v) is 21.9. The van der Waals surface area contributed by atoms with Gasteiger partial charge in [-0.05, 0) is 77.0 Å². The highest BCUT2D eigenvalue weighted by atomic mass is 16.7. The van der Waals surface area contributed by atoms with E-state index in [1.807, 2.05) is 0 Å². The van der Waals surface area contributed by atoms with Crippen molar-refractivity contribution in [2.75, 3.05) is 26.4 Å². The molecule has 0 amide bonds. The monoisotopic (exact) mass is 777 g/mol. The zero-order chi connectivity index (χ0) is 40.0. The molecule has 0 aromatic rings. The molecule has 9 nitrogen and oxygen atoms in total. The highest BCUT2D eigenvalue weighted by Crippen LogP contribution is 2.22. The van der Waals surface area contributed by atoms with E-state index in [0.29, 0.717) is 13.0 Å².